The van der Waals surface area contributed by atoms with Crippen molar-refractivity contribution in [2.75, 3.05) is 32.1 Å². The first-order chi connectivity index (χ1) is 10.7. The molecule has 0 aromatic heterocycles. The minimum Gasteiger partial charge on any atom is -0.367 e. The largest absolute Gasteiger partial charge is 0.418 e. The summed E-state index contributed by atoms with van der Waals surface area (Å²) >= 11 is 0. The summed E-state index contributed by atoms with van der Waals surface area (Å²) in [6, 6.07) is 5.60. The van der Waals surface area contributed by atoms with E-state index in [0.717, 1.165) is 18.2 Å². The Morgan fingerprint density at radius 3 is 2.61 bits per heavy atom. The van der Waals surface area contributed by atoms with E-state index in [1.807, 2.05) is 26.0 Å². The van der Waals surface area contributed by atoms with Crippen LogP contribution in [0.2, 0.25) is 0 Å². The molecule has 7 heteroatoms. The molecule has 0 aliphatic carbocycles. The number of methoxy groups -OCH3 is 1. The molecule has 1 unspecified atom stereocenters. The van der Waals surface area contributed by atoms with Crippen molar-refractivity contribution in [2.24, 2.45) is 0 Å². The molecule has 0 radical (unpaired) electrons. The molecule has 2 rings (SSSR count). The van der Waals surface area contributed by atoms with Crippen LogP contribution in [-0.4, -0.2) is 49.3 Å². The Bertz CT molecular complexity index is 589. The number of nitrogens with one attached hydrogen (secondary N) is 1. The number of halogens is 3. The molecule has 1 N–H and O–H groups in total. The van der Waals surface area contributed by atoms with Gasteiger partial charge in [-0.3, -0.25) is 9.69 Å². The van der Waals surface area contributed by atoms with Gasteiger partial charge in [-0.2, -0.15) is 13.2 Å². The highest BCUT2D eigenvalue weighted by molar-refractivity contribution is 5.93. The van der Waals surface area contributed by atoms with Crippen LogP contribution in [-0.2, 0) is 9.53 Å². The molecular weight excluding hydrogens is 309 g/mol. The first-order valence-corrected chi connectivity index (χ1v) is 7.38. The number of likely N-dealkylation sites (tertiary alicyclic amines) is 1. The molecule has 128 valence electrons. The van der Waals surface area contributed by atoms with Gasteiger partial charge in [-0.25, -0.2) is 0 Å². The summed E-state index contributed by atoms with van der Waals surface area (Å²) in [6.45, 7) is 3.58. The summed E-state index contributed by atoms with van der Waals surface area (Å²) in [5.41, 5.74) is 0.498. The molecule has 1 aromatic rings. The third kappa shape index (κ3) is 3.84. The molecule has 1 fully saturated rings. The Hall–Kier alpha value is -1.60. The molecular formula is C16H21F3N2O2. The number of ether oxygens (including phenoxy) is 1. The predicted octanol–water partition coefficient (Wildman–Crippen LogP) is 2.90. The fraction of sp³-hybridized carbons (Fsp3) is 0.562. The summed E-state index contributed by atoms with van der Waals surface area (Å²) in [7, 11) is 1.06. The number of benzene rings is 1. The highest BCUT2D eigenvalue weighted by Crippen LogP contribution is 2.40. The number of aryl methyl sites for hydroxylation is 2. The number of amides is 1. The zero-order valence-corrected chi connectivity index (χ0v) is 13.5. The Morgan fingerprint density at radius 1 is 1.39 bits per heavy atom. The van der Waals surface area contributed by atoms with Gasteiger partial charge in [0.1, 0.15) is 0 Å². The quantitative estimate of drug-likeness (QED) is 0.923. The summed E-state index contributed by atoms with van der Waals surface area (Å²) < 4.78 is 44.1. The molecule has 1 heterocycles. The smallest absolute Gasteiger partial charge is 0.367 e. The van der Waals surface area contributed by atoms with E-state index >= 15 is 0 Å². The first-order valence-electron chi connectivity index (χ1n) is 7.38. The highest BCUT2D eigenvalue weighted by atomic mass is 19.4. The maximum atomic E-state index is 13.1. The van der Waals surface area contributed by atoms with E-state index < -0.39 is 11.8 Å². The summed E-state index contributed by atoms with van der Waals surface area (Å²) in [6.07, 6.45) is -4.61. The SMILES string of the molecule is COC1(C(F)(F)F)CCN(CC(=O)Nc2ccc(C)cc2C)C1. The second kappa shape index (κ2) is 6.49. The topological polar surface area (TPSA) is 41.6 Å². The van der Waals surface area contributed by atoms with Gasteiger partial charge in [0.05, 0.1) is 6.54 Å². The Labute approximate surface area is 133 Å². The van der Waals surface area contributed by atoms with Crippen molar-refractivity contribution < 1.29 is 22.7 Å². The van der Waals surface area contributed by atoms with Gasteiger partial charge >= 0.3 is 6.18 Å². The van der Waals surface area contributed by atoms with Gasteiger partial charge in [0.15, 0.2) is 5.60 Å². The average molecular weight is 330 g/mol. The fourth-order valence-electron chi connectivity index (χ4n) is 2.85. The molecule has 0 bridgehead atoms. The van der Waals surface area contributed by atoms with Crippen LogP contribution in [0.5, 0.6) is 0 Å². The van der Waals surface area contributed by atoms with Crippen molar-refractivity contribution in [3.63, 3.8) is 0 Å². The molecule has 1 aromatic carbocycles. The fourth-order valence-corrected chi connectivity index (χ4v) is 2.85. The Kier molecular flexibility index (Phi) is 5.01. The van der Waals surface area contributed by atoms with E-state index in [1.165, 1.54) is 4.90 Å². The van der Waals surface area contributed by atoms with Gasteiger partial charge in [0, 0.05) is 25.9 Å². The van der Waals surface area contributed by atoms with Gasteiger partial charge < -0.3 is 10.1 Å². The van der Waals surface area contributed by atoms with Gasteiger partial charge in [-0.1, -0.05) is 17.7 Å². The number of alkyl halides is 3. The Balaban J connectivity index is 1.97. The van der Waals surface area contributed by atoms with Crippen LogP contribution in [0.4, 0.5) is 18.9 Å². The number of hydrogen-bond acceptors (Lipinski definition) is 3. The van der Waals surface area contributed by atoms with E-state index in [1.54, 1.807) is 6.07 Å². The van der Waals surface area contributed by atoms with Gasteiger partial charge in [-0.15, -0.1) is 0 Å². The van der Waals surface area contributed by atoms with E-state index in [9.17, 15) is 18.0 Å². The van der Waals surface area contributed by atoms with E-state index in [0.29, 0.717) is 5.69 Å². The lowest BCUT2D eigenvalue weighted by molar-refractivity contribution is -0.263. The molecule has 23 heavy (non-hydrogen) atoms. The second-order valence-electron chi connectivity index (χ2n) is 6.02. The monoisotopic (exact) mass is 330 g/mol. The van der Waals surface area contributed by atoms with Crippen LogP contribution in [0.25, 0.3) is 0 Å². The number of hydrogen-bond donors (Lipinski definition) is 1. The molecule has 1 amide bonds. The summed E-state index contributed by atoms with van der Waals surface area (Å²) in [5.74, 6) is -0.328. The third-order valence-corrected chi connectivity index (χ3v) is 4.24. The number of carbonyl (C=O) groups is 1. The van der Waals surface area contributed by atoms with Crippen LogP contribution in [0, 0.1) is 13.8 Å². The van der Waals surface area contributed by atoms with E-state index in [4.69, 9.17) is 4.74 Å². The lowest BCUT2D eigenvalue weighted by atomic mass is 10.0. The van der Waals surface area contributed by atoms with Crippen LogP contribution in [0.15, 0.2) is 18.2 Å². The average Bonchev–Trinajstić information content (AvgIpc) is 2.86. The standard InChI is InChI=1S/C16H21F3N2O2/c1-11-4-5-13(12(2)8-11)20-14(22)9-21-7-6-15(10-21,23-3)16(17,18)19/h4-5,8H,6-7,9-10H2,1-3H3,(H,20,22). The lowest BCUT2D eigenvalue weighted by Crippen LogP contribution is -2.49. The van der Waals surface area contributed by atoms with Crippen molar-refractivity contribution in [2.45, 2.75) is 32.0 Å². The molecule has 0 saturated carbocycles. The maximum absolute atomic E-state index is 13.1. The van der Waals surface area contributed by atoms with Crippen LogP contribution in [0.1, 0.15) is 17.5 Å². The van der Waals surface area contributed by atoms with E-state index in [2.05, 4.69) is 5.32 Å². The van der Waals surface area contributed by atoms with Crippen molar-refractivity contribution in [3.8, 4) is 0 Å². The van der Waals surface area contributed by atoms with Crippen molar-refractivity contribution in [1.29, 1.82) is 0 Å². The van der Waals surface area contributed by atoms with Crippen molar-refractivity contribution in [3.05, 3.63) is 29.3 Å². The lowest BCUT2D eigenvalue weighted by Gasteiger charge is -2.30. The summed E-state index contributed by atoms with van der Waals surface area (Å²) in [4.78, 5) is 13.5. The van der Waals surface area contributed by atoms with Gasteiger partial charge in [-0.05, 0) is 31.9 Å². The second-order valence-corrected chi connectivity index (χ2v) is 6.02. The number of anilines is 1. The molecule has 0 spiro atoms. The van der Waals surface area contributed by atoms with Gasteiger partial charge in [0.25, 0.3) is 0 Å². The van der Waals surface area contributed by atoms with Crippen LogP contribution >= 0.6 is 0 Å². The molecule has 1 aliphatic heterocycles. The maximum Gasteiger partial charge on any atom is 0.418 e. The minimum atomic E-state index is -4.44. The number of rotatable bonds is 4. The van der Waals surface area contributed by atoms with Crippen LogP contribution < -0.4 is 5.32 Å². The highest BCUT2D eigenvalue weighted by Gasteiger charge is 2.58. The molecule has 1 atom stereocenters. The van der Waals surface area contributed by atoms with Crippen molar-refractivity contribution in [1.82, 2.24) is 4.90 Å². The molecule has 4 nitrogen and oxygen atoms in total. The Morgan fingerprint density at radius 2 is 2.09 bits per heavy atom. The zero-order chi connectivity index (χ0) is 17.3. The van der Waals surface area contributed by atoms with Gasteiger partial charge in [0.2, 0.25) is 5.91 Å². The van der Waals surface area contributed by atoms with E-state index in [-0.39, 0.29) is 32.0 Å². The summed E-state index contributed by atoms with van der Waals surface area (Å²) in [5, 5.41) is 2.75. The molecule has 1 aliphatic rings. The third-order valence-electron chi connectivity index (χ3n) is 4.24. The first kappa shape index (κ1) is 17.7. The molecule has 1 saturated heterocycles. The number of nitrogens with zero attached hydrogens (tertiary/aromatic N) is 1. The van der Waals surface area contributed by atoms with Crippen molar-refractivity contribution >= 4 is 11.6 Å². The predicted molar refractivity (Wildman–Crippen MR) is 81.4 cm³/mol. The minimum absolute atomic E-state index is 0.0888. The number of carbonyl (C=O) groups excluding carboxylic acids is 1. The normalized spacial score (nSPS) is 22.3. The van der Waals surface area contributed by atoms with Crippen LogP contribution in [0.3, 0.4) is 0 Å². The zero-order valence-electron chi connectivity index (χ0n) is 13.5.